The number of carboxylic acids is 1. The molecule has 0 atom stereocenters. The van der Waals surface area contributed by atoms with E-state index < -0.39 is 30.3 Å². The number of carboxylic acid groups (broad SMARTS) is 1. The fourth-order valence-corrected chi connectivity index (χ4v) is 0.469. The Hall–Kier alpha value is -1.80. The second kappa shape index (κ2) is 4.44. The van der Waals surface area contributed by atoms with E-state index in [1.807, 2.05) is 0 Å². The molecular weight excluding hydrogens is 207 g/mol. The van der Waals surface area contributed by atoms with Gasteiger partial charge in [0.2, 0.25) is 0 Å². The van der Waals surface area contributed by atoms with Crippen LogP contribution in [-0.4, -0.2) is 29.0 Å². The van der Waals surface area contributed by atoms with E-state index in [-0.39, 0.29) is 0 Å². The number of hydrogen-bond acceptors (Lipinski definition) is 3. The molecule has 9 heteroatoms. The van der Waals surface area contributed by atoms with Crippen molar-refractivity contribution in [2.24, 2.45) is 10.8 Å². The number of aliphatic carboxylic acids is 1. The lowest BCUT2D eigenvalue weighted by Gasteiger charge is -2.07. The summed E-state index contributed by atoms with van der Waals surface area (Å²) in [5.74, 6) is -1.72. The van der Waals surface area contributed by atoms with Gasteiger partial charge in [-0.15, -0.1) is 0 Å². The molecule has 0 heterocycles. The Balaban J connectivity index is 4.63. The average molecular weight is 213 g/mol. The third kappa shape index (κ3) is 4.95. The number of primary amides is 1. The second-order valence-electron chi connectivity index (χ2n) is 2.10. The Morgan fingerprint density at radius 2 is 1.93 bits per heavy atom. The van der Waals surface area contributed by atoms with Crippen LogP contribution in [0.4, 0.5) is 18.0 Å². The lowest BCUT2D eigenvalue weighted by atomic mass is 10.2. The van der Waals surface area contributed by atoms with Crippen LogP contribution in [0.15, 0.2) is 5.10 Å². The first-order valence-corrected chi connectivity index (χ1v) is 3.14. The summed E-state index contributed by atoms with van der Waals surface area (Å²) in [5, 5.41) is 10.6. The lowest BCUT2D eigenvalue weighted by Crippen LogP contribution is -2.32. The van der Waals surface area contributed by atoms with Gasteiger partial charge in [0.1, 0.15) is 0 Å². The van der Waals surface area contributed by atoms with Gasteiger partial charge in [-0.05, 0) is 0 Å². The van der Waals surface area contributed by atoms with Crippen molar-refractivity contribution in [1.82, 2.24) is 5.43 Å². The lowest BCUT2D eigenvalue weighted by molar-refractivity contribution is -0.136. The Labute approximate surface area is 75.6 Å². The van der Waals surface area contributed by atoms with Crippen molar-refractivity contribution >= 4 is 17.7 Å². The summed E-state index contributed by atoms with van der Waals surface area (Å²) in [6, 6.07) is -1.31. The largest absolute Gasteiger partial charge is 0.481 e. The number of alkyl halides is 3. The first-order valence-electron chi connectivity index (χ1n) is 3.14. The predicted molar refractivity (Wildman–Crippen MR) is 38.5 cm³/mol. The second-order valence-corrected chi connectivity index (χ2v) is 2.10. The molecule has 14 heavy (non-hydrogen) atoms. The quantitative estimate of drug-likeness (QED) is 0.455. The van der Waals surface area contributed by atoms with Crippen LogP contribution in [0, 0.1) is 0 Å². The summed E-state index contributed by atoms with van der Waals surface area (Å²) < 4.78 is 35.8. The zero-order valence-corrected chi connectivity index (χ0v) is 6.63. The Kier molecular flexibility index (Phi) is 3.87. The van der Waals surface area contributed by atoms with Gasteiger partial charge < -0.3 is 10.8 Å². The molecule has 0 radical (unpaired) electrons. The molecule has 0 aromatic carbocycles. The van der Waals surface area contributed by atoms with Crippen molar-refractivity contribution in [1.29, 1.82) is 0 Å². The van der Waals surface area contributed by atoms with E-state index in [0.29, 0.717) is 0 Å². The highest BCUT2D eigenvalue weighted by molar-refractivity contribution is 6.01. The number of nitrogens with two attached hydrogens (primary N) is 1. The molecule has 0 aromatic heterocycles. The highest BCUT2D eigenvalue weighted by Gasteiger charge is 2.37. The van der Waals surface area contributed by atoms with Crippen LogP contribution >= 0.6 is 0 Å². The molecule has 0 spiro atoms. The van der Waals surface area contributed by atoms with E-state index in [9.17, 15) is 22.8 Å². The number of carbonyl (C=O) groups excluding carboxylic acids is 1. The van der Waals surface area contributed by atoms with Crippen LogP contribution in [0.2, 0.25) is 0 Å². The number of halogens is 3. The minimum atomic E-state index is -4.92. The van der Waals surface area contributed by atoms with Crippen molar-refractivity contribution in [3.8, 4) is 0 Å². The van der Waals surface area contributed by atoms with Crippen LogP contribution in [0.1, 0.15) is 6.42 Å². The van der Waals surface area contributed by atoms with Crippen LogP contribution in [0.25, 0.3) is 0 Å². The molecule has 0 aromatic rings. The van der Waals surface area contributed by atoms with Crippen LogP contribution in [0.5, 0.6) is 0 Å². The van der Waals surface area contributed by atoms with E-state index in [1.165, 1.54) is 5.43 Å². The van der Waals surface area contributed by atoms with Crippen molar-refractivity contribution < 1.29 is 27.9 Å². The smallest absolute Gasteiger partial charge is 0.431 e. The van der Waals surface area contributed by atoms with Crippen molar-refractivity contribution in [3.63, 3.8) is 0 Å². The van der Waals surface area contributed by atoms with Gasteiger partial charge in [0.15, 0.2) is 5.71 Å². The summed E-state index contributed by atoms with van der Waals surface area (Å²) in [4.78, 5) is 20.0. The minimum Gasteiger partial charge on any atom is -0.481 e. The molecule has 6 nitrogen and oxygen atoms in total. The first-order chi connectivity index (χ1) is 6.23. The number of hydrogen-bond donors (Lipinski definition) is 3. The Morgan fingerprint density at radius 3 is 2.21 bits per heavy atom. The van der Waals surface area contributed by atoms with E-state index in [4.69, 9.17) is 5.11 Å². The summed E-state index contributed by atoms with van der Waals surface area (Å²) in [5.41, 5.74) is 4.11. The molecule has 0 saturated heterocycles. The van der Waals surface area contributed by atoms with Gasteiger partial charge in [0.05, 0.1) is 6.42 Å². The molecule has 0 saturated carbocycles. The third-order valence-electron chi connectivity index (χ3n) is 0.947. The van der Waals surface area contributed by atoms with E-state index in [2.05, 4.69) is 10.8 Å². The highest BCUT2D eigenvalue weighted by atomic mass is 19.4. The number of carbonyl (C=O) groups is 2. The molecule has 0 unspecified atom stereocenters. The summed E-state index contributed by atoms with van der Waals surface area (Å²) >= 11 is 0. The van der Waals surface area contributed by atoms with Gasteiger partial charge in [-0.3, -0.25) is 4.79 Å². The molecule has 0 rings (SSSR count). The van der Waals surface area contributed by atoms with Crippen LogP contribution < -0.4 is 11.2 Å². The Morgan fingerprint density at radius 1 is 1.43 bits per heavy atom. The molecule has 0 bridgehead atoms. The minimum absolute atomic E-state index is 1.30. The molecule has 0 aliphatic carbocycles. The van der Waals surface area contributed by atoms with E-state index in [1.54, 1.807) is 0 Å². The molecular formula is C5H6F3N3O3. The maximum absolute atomic E-state index is 11.9. The molecule has 0 aliphatic rings. The standard InChI is InChI=1S/C5H6F3N3O3/c6-5(7,8)2(1-3(12)13)10-11-4(9)14/h1H2,(H,12,13)(H3,9,11,14)/b10-2+. The number of nitrogens with zero attached hydrogens (tertiary/aromatic N) is 1. The molecule has 80 valence electrons. The van der Waals surface area contributed by atoms with Gasteiger partial charge in [-0.25, -0.2) is 10.2 Å². The van der Waals surface area contributed by atoms with E-state index in [0.717, 1.165) is 0 Å². The normalized spacial score (nSPS) is 12.4. The number of amides is 2. The monoisotopic (exact) mass is 213 g/mol. The fourth-order valence-electron chi connectivity index (χ4n) is 0.469. The summed E-state index contributed by atoms with van der Waals surface area (Å²) in [6.07, 6.45) is -6.26. The third-order valence-corrected chi connectivity index (χ3v) is 0.947. The SMILES string of the molecule is NC(=O)N/N=C(\CC(=O)O)C(F)(F)F. The van der Waals surface area contributed by atoms with Crippen molar-refractivity contribution in [2.75, 3.05) is 0 Å². The molecule has 2 amide bonds. The Bertz CT molecular complexity index is 273. The van der Waals surface area contributed by atoms with Crippen LogP contribution in [-0.2, 0) is 4.79 Å². The fraction of sp³-hybridized carbons (Fsp3) is 0.400. The number of rotatable bonds is 3. The zero-order chi connectivity index (χ0) is 11.4. The maximum Gasteiger partial charge on any atom is 0.431 e. The number of nitrogens with one attached hydrogen (secondary N) is 1. The number of hydrazone groups is 1. The van der Waals surface area contributed by atoms with Crippen molar-refractivity contribution in [2.45, 2.75) is 12.6 Å². The average Bonchev–Trinajstić information content (AvgIpc) is 1.94. The van der Waals surface area contributed by atoms with Crippen molar-refractivity contribution in [3.05, 3.63) is 0 Å². The molecule has 0 fully saturated rings. The zero-order valence-electron chi connectivity index (χ0n) is 6.63. The summed E-state index contributed by atoms with van der Waals surface area (Å²) in [6.45, 7) is 0. The van der Waals surface area contributed by atoms with Gasteiger partial charge in [-0.1, -0.05) is 0 Å². The molecule has 4 N–H and O–H groups in total. The maximum atomic E-state index is 11.9. The molecule has 0 aliphatic heterocycles. The number of urea groups is 1. The predicted octanol–water partition coefficient (Wildman–Crippen LogP) is 0.0477. The van der Waals surface area contributed by atoms with Gasteiger partial charge in [0, 0.05) is 0 Å². The van der Waals surface area contributed by atoms with E-state index >= 15 is 0 Å². The first kappa shape index (κ1) is 12.2. The summed E-state index contributed by atoms with van der Waals surface area (Å²) in [7, 11) is 0. The van der Waals surface area contributed by atoms with Gasteiger partial charge >= 0.3 is 18.2 Å². The highest BCUT2D eigenvalue weighted by Crippen LogP contribution is 2.19. The van der Waals surface area contributed by atoms with Crippen LogP contribution in [0.3, 0.4) is 0 Å². The topological polar surface area (TPSA) is 105 Å². The van der Waals surface area contributed by atoms with Gasteiger partial charge in [0.25, 0.3) is 0 Å². The van der Waals surface area contributed by atoms with Gasteiger partial charge in [-0.2, -0.15) is 18.3 Å².